The van der Waals surface area contributed by atoms with E-state index in [-0.39, 0.29) is 33.6 Å². The molecule has 0 aliphatic heterocycles. The van der Waals surface area contributed by atoms with Crippen LogP contribution in [-0.4, -0.2) is 51.5 Å². The molecule has 0 aliphatic carbocycles. The number of H-pyrrole nitrogens is 2. The fourth-order valence-electron chi connectivity index (χ4n) is 3.67. The van der Waals surface area contributed by atoms with Gasteiger partial charge in [0.15, 0.2) is 0 Å². The minimum absolute atomic E-state index is 0.0564. The van der Waals surface area contributed by atoms with E-state index in [4.69, 9.17) is 10.2 Å². The first-order valence-electron chi connectivity index (χ1n) is 11.4. The number of nitrogens with zero attached hydrogens (tertiary/aromatic N) is 2. The van der Waals surface area contributed by atoms with Crippen molar-refractivity contribution in [3.63, 3.8) is 0 Å². The van der Waals surface area contributed by atoms with Gasteiger partial charge in [-0.1, -0.05) is 6.08 Å². The van der Waals surface area contributed by atoms with E-state index >= 15 is 0 Å². The molecule has 0 aliphatic rings. The first kappa shape index (κ1) is 27.6. The molecule has 2 aromatic heterocycles. The van der Waals surface area contributed by atoms with Crippen LogP contribution in [0.5, 0.6) is 11.8 Å². The van der Waals surface area contributed by atoms with Gasteiger partial charge in [0.2, 0.25) is 11.8 Å². The summed E-state index contributed by atoms with van der Waals surface area (Å²) in [6.07, 6.45) is 4.60. The summed E-state index contributed by atoms with van der Waals surface area (Å²) < 4.78 is 1.51. The Bertz CT molecular complexity index is 2020. The summed E-state index contributed by atoms with van der Waals surface area (Å²) >= 11 is 0. The van der Waals surface area contributed by atoms with Crippen molar-refractivity contribution in [1.82, 2.24) is 19.1 Å². The zero-order chi connectivity index (χ0) is 29.8. The van der Waals surface area contributed by atoms with E-state index in [1.54, 1.807) is 0 Å². The molecule has 2 heterocycles. The summed E-state index contributed by atoms with van der Waals surface area (Å²) in [6, 6.07) is 9.90. The van der Waals surface area contributed by atoms with E-state index < -0.39 is 46.2 Å². The molecule has 14 nitrogen and oxygen atoms in total. The van der Waals surface area contributed by atoms with E-state index in [0.717, 1.165) is 21.3 Å². The zero-order valence-electron chi connectivity index (χ0n) is 20.6. The first-order valence-corrected chi connectivity index (χ1v) is 11.4. The van der Waals surface area contributed by atoms with Gasteiger partial charge in [-0.15, -0.1) is 5.73 Å². The highest BCUT2D eigenvalue weighted by Gasteiger charge is 2.15. The normalized spacial score (nSPS) is 10.7. The van der Waals surface area contributed by atoms with Gasteiger partial charge in [0, 0.05) is 0 Å². The van der Waals surface area contributed by atoms with Crippen LogP contribution in [0.3, 0.4) is 0 Å². The molecule has 0 fully saturated rings. The lowest BCUT2D eigenvalue weighted by atomic mass is 10.2. The SMILES string of the molecule is O=C(O)c1ccc(-n2c(O)c(C=C=CC=Cc3c(O)n(-c4ccc(C(=O)O)cc4)c(=O)[nH]c3=O)c(=O)[nH]c2=O)cc1. The minimum Gasteiger partial charge on any atom is -0.494 e. The van der Waals surface area contributed by atoms with Crippen molar-refractivity contribution >= 4 is 24.1 Å². The Morgan fingerprint density at radius 2 is 1.10 bits per heavy atom. The molecular weight excluding hydrogens is 540 g/mol. The standard InChI is InChI=1S/C27H18N4O10/c32-20-18(22(34)30(26(40)28-20)16-10-6-14(7-11-16)24(36)37)4-2-1-3-5-19-21(33)29-27(41)31(23(19)35)17-12-8-15(9-13-17)25(38)39/h1-2,4-13,34-35H,(H,36,37)(H,38,39)(H,28,32,40)(H,29,33,41). The Morgan fingerprint density at radius 3 is 1.54 bits per heavy atom. The number of carbonyl (C=O) groups is 2. The van der Waals surface area contributed by atoms with Crippen LogP contribution in [0.1, 0.15) is 31.8 Å². The summed E-state index contributed by atoms with van der Waals surface area (Å²) in [7, 11) is 0. The van der Waals surface area contributed by atoms with Crippen LogP contribution in [0, 0.1) is 0 Å². The second kappa shape index (κ2) is 11.1. The van der Waals surface area contributed by atoms with Gasteiger partial charge in [-0.05, 0) is 66.8 Å². The second-order valence-corrected chi connectivity index (χ2v) is 8.20. The minimum atomic E-state index is -1.19. The fourth-order valence-corrected chi connectivity index (χ4v) is 3.67. The zero-order valence-corrected chi connectivity index (χ0v) is 20.6. The summed E-state index contributed by atoms with van der Waals surface area (Å²) in [4.78, 5) is 75.3. The molecule has 0 saturated carbocycles. The highest BCUT2D eigenvalue weighted by molar-refractivity contribution is 5.88. The fraction of sp³-hybridized carbons (Fsp3) is 0. The molecular formula is C27H18N4O10. The largest absolute Gasteiger partial charge is 0.494 e. The van der Waals surface area contributed by atoms with Gasteiger partial charge in [0.05, 0.1) is 22.5 Å². The van der Waals surface area contributed by atoms with Gasteiger partial charge >= 0.3 is 23.3 Å². The Labute approximate surface area is 227 Å². The number of aromatic carboxylic acids is 2. The molecule has 14 heteroatoms. The molecule has 0 saturated heterocycles. The lowest BCUT2D eigenvalue weighted by molar-refractivity contribution is 0.0686. The maximum atomic E-state index is 12.3. The number of benzene rings is 2. The van der Waals surface area contributed by atoms with Crippen molar-refractivity contribution < 1.29 is 30.0 Å². The number of hydrogen-bond donors (Lipinski definition) is 6. The van der Waals surface area contributed by atoms with Crippen LogP contribution in [-0.2, 0) is 0 Å². The van der Waals surface area contributed by atoms with Gasteiger partial charge in [0.25, 0.3) is 11.1 Å². The van der Waals surface area contributed by atoms with E-state index in [1.165, 1.54) is 60.7 Å². The average Bonchev–Trinajstić information content (AvgIpc) is 2.92. The third-order valence-corrected chi connectivity index (χ3v) is 5.67. The lowest BCUT2D eigenvalue weighted by Crippen LogP contribution is -2.30. The summed E-state index contributed by atoms with van der Waals surface area (Å²) in [6.45, 7) is 0. The van der Waals surface area contributed by atoms with E-state index in [0.29, 0.717) is 0 Å². The van der Waals surface area contributed by atoms with Gasteiger partial charge in [0.1, 0.15) is 11.1 Å². The van der Waals surface area contributed by atoms with Crippen molar-refractivity contribution in [3.05, 3.63) is 130 Å². The molecule has 0 unspecified atom stereocenters. The van der Waals surface area contributed by atoms with Gasteiger partial charge < -0.3 is 20.4 Å². The Morgan fingerprint density at radius 1 is 0.683 bits per heavy atom. The second-order valence-electron chi connectivity index (χ2n) is 8.20. The summed E-state index contributed by atoms with van der Waals surface area (Å²) in [5, 5.41) is 39.2. The number of hydrogen-bond acceptors (Lipinski definition) is 8. The van der Waals surface area contributed by atoms with E-state index in [9.17, 15) is 39.0 Å². The molecule has 0 spiro atoms. The van der Waals surface area contributed by atoms with Gasteiger partial charge in [-0.25, -0.2) is 28.3 Å². The molecule has 4 rings (SSSR count). The monoisotopic (exact) mass is 558 g/mol. The third-order valence-electron chi connectivity index (χ3n) is 5.67. The molecule has 206 valence electrons. The number of aromatic nitrogens is 4. The molecule has 0 bridgehead atoms. The van der Waals surface area contributed by atoms with E-state index in [1.807, 2.05) is 9.97 Å². The van der Waals surface area contributed by atoms with Crippen LogP contribution in [0.2, 0.25) is 0 Å². The Hall–Kier alpha value is -6.40. The lowest BCUT2D eigenvalue weighted by Gasteiger charge is -2.09. The highest BCUT2D eigenvalue weighted by Crippen LogP contribution is 2.19. The quantitative estimate of drug-likeness (QED) is 0.140. The molecule has 2 aromatic carbocycles. The number of rotatable bonds is 7. The Balaban J connectivity index is 1.67. The van der Waals surface area contributed by atoms with Crippen LogP contribution >= 0.6 is 0 Å². The van der Waals surface area contributed by atoms with Crippen molar-refractivity contribution in [2.45, 2.75) is 0 Å². The third kappa shape index (κ3) is 5.57. The summed E-state index contributed by atoms with van der Waals surface area (Å²) in [5.74, 6) is -3.87. The average molecular weight is 558 g/mol. The topological polar surface area (TPSA) is 225 Å². The van der Waals surface area contributed by atoms with Gasteiger partial charge in [-0.3, -0.25) is 19.6 Å². The van der Waals surface area contributed by atoms with E-state index in [2.05, 4.69) is 5.73 Å². The van der Waals surface area contributed by atoms with Crippen molar-refractivity contribution in [2.75, 3.05) is 0 Å². The van der Waals surface area contributed by atoms with Crippen LogP contribution < -0.4 is 22.5 Å². The number of carboxylic acids is 2. The number of allylic oxidation sites excluding steroid dienone is 2. The smallest absolute Gasteiger partial charge is 0.335 e. The molecule has 0 amide bonds. The molecule has 6 N–H and O–H groups in total. The molecule has 0 radical (unpaired) electrons. The van der Waals surface area contributed by atoms with Crippen LogP contribution in [0.15, 0.2) is 85.6 Å². The number of aromatic hydroxyl groups is 2. The maximum Gasteiger partial charge on any atom is 0.335 e. The summed E-state index contributed by atoms with van der Waals surface area (Å²) in [5.41, 5.74) is -1.89. The molecule has 4 aromatic rings. The van der Waals surface area contributed by atoms with Crippen molar-refractivity contribution in [3.8, 4) is 23.1 Å². The van der Waals surface area contributed by atoms with Crippen molar-refractivity contribution in [1.29, 1.82) is 0 Å². The maximum absolute atomic E-state index is 12.3. The predicted octanol–water partition coefficient (Wildman–Crippen LogP) is 1.05. The van der Waals surface area contributed by atoms with Gasteiger partial charge in [-0.2, -0.15) is 0 Å². The number of carboxylic acid groups (broad SMARTS) is 2. The molecule has 0 atom stereocenters. The van der Waals surface area contributed by atoms with Crippen molar-refractivity contribution in [2.24, 2.45) is 0 Å². The van der Waals surface area contributed by atoms with Crippen LogP contribution in [0.25, 0.3) is 23.5 Å². The Kier molecular flexibility index (Phi) is 7.51. The molecule has 41 heavy (non-hydrogen) atoms. The number of nitrogens with one attached hydrogen (secondary N) is 2. The highest BCUT2D eigenvalue weighted by atomic mass is 16.4. The predicted molar refractivity (Wildman–Crippen MR) is 144 cm³/mol. The van der Waals surface area contributed by atoms with Crippen LogP contribution in [0.4, 0.5) is 0 Å². The first-order chi connectivity index (χ1) is 19.5. The number of aromatic amines is 2.